The summed E-state index contributed by atoms with van der Waals surface area (Å²) in [4.78, 5) is 32.8. The molecular formula is C27H28N4O4. The van der Waals surface area contributed by atoms with Crippen LogP contribution in [0.5, 0.6) is 5.75 Å². The van der Waals surface area contributed by atoms with Gasteiger partial charge in [-0.25, -0.2) is 4.98 Å². The molecule has 4 rings (SSSR count). The first-order valence-corrected chi connectivity index (χ1v) is 11.6. The van der Waals surface area contributed by atoms with Crippen LogP contribution < -0.4 is 10.1 Å². The molecule has 8 nitrogen and oxygen atoms in total. The average Bonchev–Trinajstić information content (AvgIpc) is 3.30. The number of rotatable bonds is 9. The number of benzene rings is 2. The highest BCUT2D eigenvalue weighted by molar-refractivity contribution is 5.97. The standard InChI is InChI=1S/C27H28N4O4/c1-4-27(5-2,34-19(3)32)35-23-10-6-9-22(15-23)31-18-30-24-14-21(11-12-25(24)31)26(33)29-17-20-8-7-13-28-16-20/h6-16,18H,4-5,17H2,1-3H3,(H,29,33). The molecule has 8 heteroatoms. The summed E-state index contributed by atoms with van der Waals surface area (Å²) in [5, 5.41) is 2.91. The van der Waals surface area contributed by atoms with Crippen molar-refractivity contribution in [1.29, 1.82) is 0 Å². The van der Waals surface area contributed by atoms with Crippen LogP contribution in [0, 0.1) is 0 Å². The van der Waals surface area contributed by atoms with Crippen molar-refractivity contribution in [2.75, 3.05) is 0 Å². The first-order chi connectivity index (χ1) is 16.9. The number of amides is 1. The second-order valence-corrected chi connectivity index (χ2v) is 8.17. The Kier molecular flexibility index (Phi) is 7.10. The number of pyridine rings is 1. The van der Waals surface area contributed by atoms with Gasteiger partial charge in [0, 0.05) is 50.3 Å². The van der Waals surface area contributed by atoms with E-state index in [0.29, 0.717) is 36.2 Å². The van der Waals surface area contributed by atoms with Gasteiger partial charge in [0.1, 0.15) is 12.1 Å². The number of fused-ring (bicyclic) bond motifs is 1. The summed E-state index contributed by atoms with van der Waals surface area (Å²) in [7, 11) is 0. The van der Waals surface area contributed by atoms with Gasteiger partial charge in [0.15, 0.2) is 0 Å². The second kappa shape index (κ2) is 10.4. The second-order valence-electron chi connectivity index (χ2n) is 8.17. The molecule has 1 amide bonds. The van der Waals surface area contributed by atoms with Gasteiger partial charge in [-0.1, -0.05) is 26.0 Å². The SMILES string of the molecule is CCC(CC)(OC(C)=O)Oc1cccc(-n2cnc3cc(C(=O)NCc4cccnc4)ccc32)c1. The quantitative estimate of drug-likeness (QED) is 0.277. The Morgan fingerprint density at radius 2 is 1.89 bits per heavy atom. The van der Waals surface area contributed by atoms with Gasteiger partial charge in [0.2, 0.25) is 0 Å². The Morgan fingerprint density at radius 1 is 1.06 bits per heavy atom. The molecule has 0 bridgehead atoms. The number of hydrogen-bond acceptors (Lipinski definition) is 6. The molecule has 0 unspecified atom stereocenters. The highest BCUT2D eigenvalue weighted by atomic mass is 16.7. The summed E-state index contributed by atoms with van der Waals surface area (Å²) >= 11 is 0. The number of ether oxygens (including phenoxy) is 2. The average molecular weight is 473 g/mol. The normalized spacial score (nSPS) is 11.3. The van der Waals surface area contributed by atoms with Crippen molar-refractivity contribution in [3.63, 3.8) is 0 Å². The van der Waals surface area contributed by atoms with Gasteiger partial charge in [-0.15, -0.1) is 0 Å². The molecule has 0 aliphatic carbocycles. The van der Waals surface area contributed by atoms with Crippen LogP contribution in [0.1, 0.15) is 49.5 Å². The van der Waals surface area contributed by atoms with Crippen LogP contribution >= 0.6 is 0 Å². The monoisotopic (exact) mass is 472 g/mol. The Labute approximate surface area is 203 Å². The molecule has 2 aromatic carbocycles. The number of aromatic nitrogens is 3. The summed E-state index contributed by atoms with van der Waals surface area (Å²) in [6.45, 7) is 5.62. The molecular weight excluding hydrogens is 444 g/mol. The minimum atomic E-state index is -1.01. The van der Waals surface area contributed by atoms with E-state index in [1.807, 2.05) is 60.9 Å². The molecule has 0 saturated heterocycles. The molecule has 2 heterocycles. The van der Waals surface area contributed by atoms with Crippen molar-refractivity contribution in [3.05, 3.63) is 84.4 Å². The first kappa shape index (κ1) is 23.9. The predicted octanol–water partition coefficient (Wildman–Crippen LogP) is 4.81. The highest BCUT2D eigenvalue weighted by Crippen LogP contribution is 2.29. The van der Waals surface area contributed by atoms with Crippen LogP contribution in [0.3, 0.4) is 0 Å². The first-order valence-electron chi connectivity index (χ1n) is 11.6. The molecule has 4 aromatic rings. The van der Waals surface area contributed by atoms with Crippen LogP contribution in [-0.2, 0) is 16.1 Å². The van der Waals surface area contributed by atoms with Gasteiger partial charge in [-0.05, 0) is 42.0 Å². The topological polar surface area (TPSA) is 95.3 Å². The third-order valence-corrected chi connectivity index (χ3v) is 5.79. The zero-order valence-electron chi connectivity index (χ0n) is 20.0. The summed E-state index contributed by atoms with van der Waals surface area (Å²) in [5.74, 6) is -0.993. The van der Waals surface area contributed by atoms with Gasteiger partial charge in [-0.2, -0.15) is 0 Å². The third-order valence-electron chi connectivity index (χ3n) is 5.79. The molecule has 0 atom stereocenters. The molecule has 0 aliphatic rings. The minimum absolute atomic E-state index is 0.179. The minimum Gasteiger partial charge on any atom is -0.452 e. The number of nitrogens with zero attached hydrogens (tertiary/aromatic N) is 3. The molecule has 0 radical (unpaired) electrons. The van der Waals surface area contributed by atoms with Crippen LogP contribution in [0.25, 0.3) is 16.7 Å². The lowest BCUT2D eigenvalue weighted by atomic mass is 10.1. The van der Waals surface area contributed by atoms with E-state index in [4.69, 9.17) is 9.47 Å². The van der Waals surface area contributed by atoms with Crippen LogP contribution in [0.4, 0.5) is 0 Å². The van der Waals surface area contributed by atoms with E-state index < -0.39 is 5.79 Å². The molecule has 35 heavy (non-hydrogen) atoms. The molecule has 0 fully saturated rings. The Hall–Kier alpha value is -4.20. The van der Waals surface area contributed by atoms with Crippen LogP contribution in [0.15, 0.2) is 73.3 Å². The van der Waals surface area contributed by atoms with Crippen molar-refractivity contribution >= 4 is 22.9 Å². The summed E-state index contributed by atoms with van der Waals surface area (Å²) in [6.07, 6.45) is 6.17. The van der Waals surface area contributed by atoms with Gasteiger partial charge < -0.3 is 14.8 Å². The summed E-state index contributed by atoms with van der Waals surface area (Å²) < 4.78 is 13.6. The molecule has 2 aromatic heterocycles. The molecule has 180 valence electrons. The fourth-order valence-electron chi connectivity index (χ4n) is 3.88. The van der Waals surface area contributed by atoms with Crippen molar-refractivity contribution in [2.45, 2.75) is 45.9 Å². The maximum absolute atomic E-state index is 12.6. The Bertz CT molecular complexity index is 1330. The van der Waals surface area contributed by atoms with Crippen molar-refractivity contribution in [3.8, 4) is 11.4 Å². The van der Waals surface area contributed by atoms with E-state index in [0.717, 1.165) is 16.8 Å². The molecule has 0 aliphatic heterocycles. The third kappa shape index (κ3) is 5.48. The van der Waals surface area contributed by atoms with Gasteiger partial charge in [-0.3, -0.25) is 19.1 Å². The van der Waals surface area contributed by atoms with E-state index >= 15 is 0 Å². The van der Waals surface area contributed by atoms with Gasteiger partial charge >= 0.3 is 5.97 Å². The largest absolute Gasteiger partial charge is 0.452 e. The maximum atomic E-state index is 12.6. The van der Waals surface area contributed by atoms with Crippen molar-refractivity contribution < 1.29 is 19.1 Å². The zero-order valence-corrected chi connectivity index (χ0v) is 20.0. The fourth-order valence-corrected chi connectivity index (χ4v) is 3.88. The Balaban J connectivity index is 1.55. The van der Waals surface area contributed by atoms with Crippen molar-refractivity contribution in [2.24, 2.45) is 0 Å². The number of carbonyl (C=O) groups is 2. The number of imidazole rings is 1. The fraction of sp³-hybridized carbons (Fsp3) is 0.259. The van der Waals surface area contributed by atoms with Gasteiger partial charge in [0.25, 0.3) is 11.7 Å². The number of hydrogen-bond donors (Lipinski definition) is 1. The van der Waals surface area contributed by atoms with E-state index in [1.54, 1.807) is 30.9 Å². The number of carbonyl (C=O) groups excluding carboxylic acids is 2. The van der Waals surface area contributed by atoms with Crippen LogP contribution in [0.2, 0.25) is 0 Å². The van der Waals surface area contributed by atoms with E-state index in [-0.39, 0.29) is 11.9 Å². The zero-order chi connectivity index (χ0) is 24.8. The summed E-state index contributed by atoms with van der Waals surface area (Å²) in [5.41, 5.74) is 3.84. The lowest BCUT2D eigenvalue weighted by Gasteiger charge is -2.31. The van der Waals surface area contributed by atoms with Crippen LogP contribution in [-0.4, -0.2) is 32.2 Å². The predicted molar refractivity (Wildman–Crippen MR) is 132 cm³/mol. The number of nitrogens with one attached hydrogen (secondary N) is 1. The smallest absolute Gasteiger partial charge is 0.305 e. The molecule has 0 saturated carbocycles. The lowest BCUT2D eigenvalue weighted by Crippen LogP contribution is -2.39. The Morgan fingerprint density at radius 3 is 2.60 bits per heavy atom. The highest BCUT2D eigenvalue weighted by Gasteiger charge is 2.32. The maximum Gasteiger partial charge on any atom is 0.305 e. The van der Waals surface area contributed by atoms with E-state index in [9.17, 15) is 9.59 Å². The summed E-state index contributed by atoms with van der Waals surface area (Å²) in [6, 6.07) is 16.7. The molecule has 1 N–H and O–H groups in total. The number of esters is 1. The lowest BCUT2D eigenvalue weighted by molar-refractivity contribution is -0.198. The van der Waals surface area contributed by atoms with E-state index in [1.165, 1.54) is 6.92 Å². The van der Waals surface area contributed by atoms with Crippen molar-refractivity contribution in [1.82, 2.24) is 19.9 Å². The van der Waals surface area contributed by atoms with E-state index in [2.05, 4.69) is 15.3 Å². The molecule has 0 spiro atoms. The van der Waals surface area contributed by atoms with Gasteiger partial charge in [0.05, 0.1) is 16.7 Å².